The summed E-state index contributed by atoms with van der Waals surface area (Å²) >= 11 is 0. The van der Waals surface area contributed by atoms with Crippen LogP contribution in [0.1, 0.15) is 27.0 Å². The first kappa shape index (κ1) is 17.5. The minimum absolute atomic E-state index is 0.0452. The molecule has 1 N–H and O–H groups in total. The molecule has 0 aromatic heterocycles. The second kappa shape index (κ2) is 8.11. The standard InChI is InChI=1S/C20H21NO3/c1-14-4-5-16(15(2)12-14)8-11-19(22)17-6-9-18(10-7-17)24-13-20(23)21-3/h4-12H,13H2,1-3H3,(H,21,23)/b11-8+. The third-order valence-corrected chi connectivity index (χ3v) is 3.63. The molecule has 0 saturated heterocycles. The zero-order chi connectivity index (χ0) is 17.5. The second-order valence-corrected chi connectivity index (χ2v) is 5.54. The van der Waals surface area contributed by atoms with E-state index in [0.717, 1.165) is 11.1 Å². The van der Waals surface area contributed by atoms with Crippen LogP contribution in [-0.2, 0) is 4.79 Å². The Labute approximate surface area is 142 Å². The van der Waals surface area contributed by atoms with Crippen LogP contribution in [0.5, 0.6) is 5.75 Å². The molecule has 4 nitrogen and oxygen atoms in total. The minimum Gasteiger partial charge on any atom is -0.484 e. The molecule has 0 atom stereocenters. The van der Waals surface area contributed by atoms with E-state index in [2.05, 4.69) is 11.4 Å². The number of nitrogens with one attached hydrogen (secondary N) is 1. The predicted octanol–water partition coefficient (Wildman–Crippen LogP) is 3.32. The van der Waals surface area contributed by atoms with E-state index < -0.39 is 0 Å². The molecule has 0 radical (unpaired) electrons. The average Bonchev–Trinajstić information content (AvgIpc) is 2.59. The topological polar surface area (TPSA) is 55.4 Å². The summed E-state index contributed by atoms with van der Waals surface area (Å²) in [6, 6.07) is 12.9. The van der Waals surface area contributed by atoms with Crippen LogP contribution in [0.15, 0.2) is 48.5 Å². The van der Waals surface area contributed by atoms with Crippen LogP contribution in [0.25, 0.3) is 6.08 Å². The summed E-state index contributed by atoms with van der Waals surface area (Å²) in [5, 5.41) is 2.48. The summed E-state index contributed by atoms with van der Waals surface area (Å²) in [6.07, 6.45) is 3.39. The van der Waals surface area contributed by atoms with E-state index in [4.69, 9.17) is 4.74 Å². The van der Waals surface area contributed by atoms with Gasteiger partial charge in [-0.1, -0.05) is 29.8 Å². The number of ether oxygens (including phenoxy) is 1. The molecule has 24 heavy (non-hydrogen) atoms. The average molecular weight is 323 g/mol. The molecule has 0 bridgehead atoms. The quantitative estimate of drug-likeness (QED) is 0.655. The fourth-order valence-electron chi connectivity index (χ4n) is 2.21. The summed E-state index contributed by atoms with van der Waals surface area (Å²) < 4.78 is 5.31. The van der Waals surface area contributed by atoms with Gasteiger partial charge in [-0.25, -0.2) is 0 Å². The fourth-order valence-corrected chi connectivity index (χ4v) is 2.21. The van der Waals surface area contributed by atoms with Crippen molar-refractivity contribution in [2.45, 2.75) is 13.8 Å². The fraction of sp³-hybridized carbons (Fsp3) is 0.200. The van der Waals surface area contributed by atoms with Crippen molar-refractivity contribution >= 4 is 17.8 Å². The number of allylic oxidation sites excluding steroid dienone is 1. The lowest BCUT2D eigenvalue weighted by Crippen LogP contribution is -2.24. The summed E-state index contributed by atoms with van der Waals surface area (Å²) in [5.74, 6) is 0.271. The lowest BCUT2D eigenvalue weighted by Gasteiger charge is -2.05. The monoisotopic (exact) mass is 323 g/mol. The van der Waals surface area contributed by atoms with Crippen molar-refractivity contribution in [1.29, 1.82) is 0 Å². The lowest BCUT2D eigenvalue weighted by molar-refractivity contribution is -0.122. The maximum absolute atomic E-state index is 12.2. The van der Waals surface area contributed by atoms with Gasteiger partial charge in [-0.15, -0.1) is 0 Å². The Hall–Kier alpha value is -2.88. The van der Waals surface area contributed by atoms with Crippen LogP contribution in [-0.4, -0.2) is 25.3 Å². The van der Waals surface area contributed by atoms with E-state index in [1.165, 1.54) is 5.56 Å². The Bertz CT molecular complexity index is 761. The summed E-state index contributed by atoms with van der Waals surface area (Å²) in [5.41, 5.74) is 3.93. The van der Waals surface area contributed by atoms with Gasteiger partial charge in [0, 0.05) is 12.6 Å². The molecule has 1 amide bonds. The minimum atomic E-state index is -0.202. The van der Waals surface area contributed by atoms with Gasteiger partial charge < -0.3 is 10.1 Å². The third-order valence-electron chi connectivity index (χ3n) is 3.63. The van der Waals surface area contributed by atoms with E-state index >= 15 is 0 Å². The highest BCUT2D eigenvalue weighted by molar-refractivity contribution is 6.06. The van der Waals surface area contributed by atoms with Crippen molar-refractivity contribution in [3.63, 3.8) is 0 Å². The van der Waals surface area contributed by atoms with E-state index in [-0.39, 0.29) is 18.3 Å². The molecule has 2 aromatic carbocycles. The second-order valence-electron chi connectivity index (χ2n) is 5.54. The molecule has 0 spiro atoms. The predicted molar refractivity (Wildman–Crippen MR) is 95.3 cm³/mol. The molecule has 4 heteroatoms. The molecule has 0 fully saturated rings. The number of amides is 1. The Morgan fingerprint density at radius 3 is 2.42 bits per heavy atom. The molecule has 124 valence electrons. The van der Waals surface area contributed by atoms with Gasteiger partial charge in [0.1, 0.15) is 5.75 Å². The molecule has 0 aliphatic heterocycles. The number of likely N-dealkylation sites (N-methyl/N-ethyl adjacent to an activating group) is 1. The zero-order valence-corrected chi connectivity index (χ0v) is 14.1. The summed E-state index contributed by atoms with van der Waals surface area (Å²) in [6.45, 7) is 4.02. The van der Waals surface area contributed by atoms with Crippen LogP contribution in [0.4, 0.5) is 0 Å². The highest BCUT2D eigenvalue weighted by Gasteiger charge is 2.04. The Kier molecular flexibility index (Phi) is 5.90. The van der Waals surface area contributed by atoms with Crippen molar-refractivity contribution in [2.24, 2.45) is 0 Å². The van der Waals surface area contributed by atoms with E-state index in [9.17, 15) is 9.59 Å². The van der Waals surface area contributed by atoms with Crippen molar-refractivity contribution in [1.82, 2.24) is 5.32 Å². The van der Waals surface area contributed by atoms with Gasteiger partial charge in [0.05, 0.1) is 0 Å². The Morgan fingerprint density at radius 2 is 1.79 bits per heavy atom. The molecule has 2 rings (SSSR count). The molecule has 0 aliphatic carbocycles. The molecule has 2 aromatic rings. The van der Waals surface area contributed by atoms with E-state index in [1.807, 2.05) is 32.1 Å². The van der Waals surface area contributed by atoms with Gasteiger partial charge in [-0.3, -0.25) is 9.59 Å². The largest absolute Gasteiger partial charge is 0.484 e. The number of ketones is 1. The first-order valence-corrected chi connectivity index (χ1v) is 7.72. The van der Waals surface area contributed by atoms with Crippen molar-refractivity contribution in [2.75, 3.05) is 13.7 Å². The van der Waals surface area contributed by atoms with Crippen LogP contribution < -0.4 is 10.1 Å². The third kappa shape index (κ3) is 4.81. The maximum Gasteiger partial charge on any atom is 0.257 e. The van der Waals surface area contributed by atoms with Crippen molar-refractivity contribution < 1.29 is 14.3 Å². The Morgan fingerprint density at radius 1 is 1.08 bits per heavy atom. The number of benzene rings is 2. The number of hydrogen-bond donors (Lipinski definition) is 1. The van der Waals surface area contributed by atoms with Crippen molar-refractivity contribution in [3.8, 4) is 5.75 Å². The molecular formula is C20H21NO3. The highest BCUT2D eigenvalue weighted by Crippen LogP contribution is 2.15. The van der Waals surface area contributed by atoms with E-state index in [1.54, 1.807) is 37.4 Å². The van der Waals surface area contributed by atoms with Gasteiger partial charge in [-0.2, -0.15) is 0 Å². The normalized spacial score (nSPS) is 10.6. The van der Waals surface area contributed by atoms with Gasteiger partial charge in [0.2, 0.25) is 0 Å². The number of carbonyl (C=O) groups excluding carboxylic acids is 2. The molecule has 0 aliphatic rings. The molecule has 0 saturated carbocycles. The maximum atomic E-state index is 12.2. The van der Waals surface area contributed by atoms with Crippen LogP contribution in [0, 0.1) is 13.8 Å². The number of carbonyl (C=O) groups is 2. The Balaban J connectivity index is 2.02. The molecule has 0 unspecified atom stereocenters. The summed E-state index contributed by atoms with van der Waals surface area (Å²) in [4.78, 5) is 23.4. The summed E-state index contributed by atoms with van der Waals surface area (Å²) in [7, 11) is 1.55. The first-order chi connectivity index (χ1) is 11.5. The van der Waals surface area contributed by atoms with E-state index in [0.29, 0.717) is 11.3 Å². The number of rotatable bonds is 6. The smallest absolute Gasteiger partial charge is 0.257 e. The first-order valence-electron chi connectivity index (χ1n) is 7.72. The highest BCUT2D eigenvalue weighted by atomic mass is 16.5. The molecular weight excluding hydrogens is 302 g/mol. The lowest BCUT2D eigenvalue weighted by atomic mass is 10.0. The zero-order valence-electron chi connectivity index (χ0n) is 14.1. The SMILES string of the molecule is CNC(=O)COc1ccc(C(=O)/C=C/c2ccc(C)cc2C)cc1. The van der Waals surface area contributed by atoms with Crippen LogP contribution in [0.2, 0.25) is 0 Å². The van der Waals surface area contributed by atoms with Crippen molar-refractivity contribution in [3.05, 3.63) is 70.8 Å². The van der Waals surface area contributed by atoms with Gasteiger partial charge in [0.15, 0.2) is 12.4 Å². The molecule has 0 heterocycles. The van der Waals surface area contributed by atoms with Crippen LogP contribution in [0.3, 0.4) is 0 Å². The number of hydrogen-bond acceptors (Lipinski definition) is 3. The van der Waals surface area contributed by atoms with Crippen LogP contribution >= 0.6 is 0 Å². The van der Waals surface area contributed by atoms with Gasteiger partial charge >= 0.3 is 0 Å². The van der Waals surface area contributed by atoms with Gasteiger partial charge in [-0.05, 0) is 55.3 Å². The van der Waals surface area contributed by atoms with Gasteiger partial charge in [0.25, 0.3) is 5.91 Å². The number of aryl methyl sites for hydroxylation is 2.